The molecule has 1 N–H and O–H groups in total. The third kappa shape index (κ3) is 3.52. The van der Waals surface area contributed by atoms with Crippen LogP contribution in [0.1, 0.15) is 13.8 Å². The molecule has 6 heteroatoms. The Labute approximate surface area is 127 Å². The maximum atomic E-state index is 11.7. The second-order valence-electron chi connectivity index (χ2n) is 4.75. The van der Waals surface area contributed by atoms with Gasteiger partial charge < -0.3 is 14.8 Å². The Morgan fingerprint density at radius 2 is 2.05 bits per heavy atom. The molecule has 0 saturated heterocycles. The van der Waals surface area contributed by atoms with Gasteiger partial charge in [-0.15, -0.1) is 11.3 Å². The zero-order valence-electron chi connectivity index (χ0n) is 12.5. The van der Waals surface area contributed by atoms with Crippen molar-refractivity contribution in [1.29, 1.82) is 0 Å². The molecule has 112 valence electrons. The molecular weight excluding hydrogens is 288 g/mol. The summed E-state index contributed by atoms with van der Waals surface area (Å²) in [5.74, 6) is 1.28. The zero-order chi connectivity index (χ0) is 15.4. The van der Waals surface area contributed by atoms with Gasteiger partial charge in [-0.25, -0.2) is 4.98 Å². The van der Waals surface area contributed by atoms with Crippen molar-refractivity contribution in [2.24, 2.45) is 5.92 Å². The molecule has 0 saturated carbocycles. The fourth-order valence-corrected chi connectivity index (χ4v) is 2.43. The molecule has 1 aromatic carbocycles. The second kappa shape index (κ2) is 6.58. The summed E-state index contributed by atoms with van der Waals surface area (Å²) in [6.07, 6.45) is 0. The van der Waals surface area contributed by atoms with Gasteiger partial charge in [-0.2, -0.15) is 0 Å². The lowest BCUT2D eigenvalue weighted by Gasteiger charge is -2.08. The Morgan fingerprint density at radius 1 is 1.29 bits per heavy atom. The minimum atomic E-state index is -0.0760. The van der Waals surface area contributed by atoms with Crippen LogP contribution in [0.4, 0.5) is 5.13 Å². The van der Waals surface area contributed by atoms with Gasteiger partial charge in [-0.3, -0.25) is 4.79 Å². The molecule has 5 nitrogen and oxygen atoms in total. The van der Waals surface area contributed by atoms with Crippen molar-refractivity contribution in [3.8, 4) is 22.8 Å². The first-order valence-corrected chi connectivity index (χ1v) is 7.42. The van der Waals surface area contributed by atoms with Crippen molar-refractivity contribution in [2.45, 2.75) is 13.8 Å². The van der Waals surface area contributed by atoms with E-state index in [0.717, 1.165) is 17.0 Å². The summed E-state index contributed by atoms with van der Waals surface area (Å²) in [6, 6.07) is 5.55. The molecule has 0 aliphatic heterocycles. The van der Waals surface area contributed by atoms with E-state index in [2.05, 4.69) is 10.3 Å². The van der Waals surface area contributed by atoms with Crippen LogP contribution in [0.2, 0.25) is 0 Å². The molecule has 2 rings (SSSR count). The van der Waals surface area contributed by atoms with Crippen molar-refractivity contribution in [3.63, 3.8) is 0 Å². The first kappa shape index (κ1) is 15.3. The Morgan fingerprint density at radius 3 is 2.67 bits per heavy atom. The molecule has 0 atom stereocenters. The van der Waals surface area contributed by atoms with E-state index in [9.17, 15) is 4.79 Å². The number of thiazole rings is 1. The fourth-order valence-electron chi connectivity index (χ4n) is 1.71. The molecule has 0 bridgehead atoms. The Bertz CT molecular complexity index is 638. The van der Waals surface area contributed by atoms with Crippen molar-refractivity contribution in [1.82, 2.24) is 4.98 Å². The van der Waals surface area contributed by atoms with Crippen molar-refractivity contribution in [3.05, 3.63) is 23.6 Å². The molecule has 0 unspecified atom stereocenters. The van der Waals surface area contributed by atoms with E-state index in [-0.39, 0.29) is 11.8 Å². The van der Waals surface area contributed by atoms with Crippen LogP contribution in [0.25, 0.3) is 11.3 Å². The van der Waals surface area contributed by atoms with Crippen molar-refractivity contribution >= 4 is 22.4 Å². The van der Waals surface area contributed by atoms with Gasteiger partial charge in [0, 0.05) is 22.9 Å². The number of amides is 1. The summed E-state index contributed by atoms with van der Waals surface area (Å²) in [7, 11) is 3.21. The Balaban J connectivity index is 2.27. The van der Waals surface area contributed by atoms with Gasteiger partial charge in [0.05, 0.1) is 19.9 Å². The highest BCUT2D eigenvalue weighted by Gasteiger charge is 2.13. The normalized spacial score (nSPS) is 10.5. The van der Waals surface area contributed by atoms with E-state index in [1.165, 1.54) is 11.3 Å². The number of hydrogen-bond acceptors (Lipinski definition) is 5. The summed E-state index contributed by atoms with van der Waals surface area (Å²) < 4.78 is 10.5. The monoisotopic (exact) mass is 306 g/mol. The summed E-state index contributed by atoms with van der Waals surface area (Å²) in [6.45, 7) is 3.69. The van der Waals surface area contributed by atoms with Crippen LogP contribution in [-0.4, -0.2) is 25.1 Å². The molecular formula is C15H18N2O3S. The smallest absolute Gasteiger partial charge is 0.228 e. The highest BCUT2D eigenvalue weighted by Crippen LogP contribution is 2.34. The average Bonchev–Trinajstić information content (AvgIpc) is 2.94. The number of hydrogen-bond donors (Lipinski definition) is 1. The van der Waals surface area contributed by atoms with Crippen LogP contribution < -0.4 is 14.8 Å². The van der Waals surface area contributed by atoms with Crippen LogP contribution >= 0.6 is 11.3 Å². The molecule has 1 heterocycles. The predicted molar refractivity (Wildman–Crippen MR) is 84.1 cm³/mol. The van der Waals surface area contributed by atoms with Gasteiger partial charge in [-0.05, 0) is 12.1 Å². The topological polar surface area (TPSA) is 60.5 Å². The van der Waals surface area contributed by atoms with Gasteiger partial charge >= 0.3 is 0 Å². The molecule has 21 heavy (non-hydrogen) atoms. The fraction of sp³-hybridized carbons (Fsp3) is 0.333. The molecule has 0 aliphatic rings. The largest absolute Gasteiger partial charge is 0.497 e. The first-order chi connectivity index (χ1) is 10.0. The van der Waals surface area contributed by atoms with Crippen molar-refractivity contribution in [2.75, 3.05) is 19.5 Å². The lowest BCUT2D eigenvalue weighted by atomic mass is 10.1. The lowest BCUT2D eigenvalue weighted by molar-refractivity contribution is -0.118. The SMILES string of the molecule is COc1ccc(-c2csc(NC(=O)C(C)C)n2)c(OC)c1. The number of methoxy groups -OCH3 is 2. The van der Waals surface area contributed by atoms with Crippen LogP contribution in [0.15, 0.2) is 23.6 Å². The number of anilines is 1. The van der Waals surface area contributed by atoms with E-state index >= 15 is 0 Å². The minimum Gasteiger partial charge on any atom is -0.497 e. The summed E-state index contributed by atoms with van der Waals surface area (Å²) in [5, 5.41) is 5.27. The molecule has 1 aromatic heterocycles. The number of carbonyl (C=O) groups is 1. The third-order valence-corrected chi connectivity index (χ3v) is 3.70. The van der Waals surface area contributed by atoms with E-state index in [1.54, 1.807) is 20.3 Å². The molecule has 0 fully saturated rings. The molecule has 0 radical (unpaired) electrons. The molecule has 0 aliphatic carbocycles. The van der Waals surface area contributed by atoms with Crippen molar-refractivity contribution < 1.29 is 14.3 Å². The average molecular weight is 306 g/mol. The van der Waals surface area contributed by atoms with Gasteiger partial charge in [0.25, 0.3) is 0 Å². The second-order valence-corrected chi connectivity index (χ2v) is 5.61. The summed E-state index contributed by atoms with van der Waals surface area (Å²) >= 11 is 1.39. The number of nitrogens with one attached hydrogen (secondary N) is 1. The highest BCUT2D eigenvalue weighted by atomic mass is 32.1. The third-order valence-electron chi connectivity index (χ3n) is 2.94. The maximum absolute atomic E-state index is 11.7. The summed E-state index contributed by atoms with van der Waals surface area (Å²) in [5.41, 5.74) is 1.62. The van der Waals surface area contributed by atoms with E-state index in [4.69, 9.17) is 9.47 Å². The van der Waals surface area contributed by atoms with Gasteiger partial charge in [0.2, 0.25) is 5.91 Å². The number of rotatable bonds is 5. The zero-order valence-corrected chi connectivity index (χ0v) is 13.3. The lowest BCUT2D eigenvalue weighted by Crippen LogP contribution is -2.17. The van der Waals surface area contributed by atoms with Crippen LogP contribution in [0.5, 0.6) is 11.5 Å². The van der Waals surface area contributed by atoms with Gasteiger partial charge in [0.1, 0.15) is 11.5 Å². The molecule has 0 spiro atoms. The van der Waals surface area contributed by atoms with Crippen LogP contribution in [0.3, 0.4) is 0 Å². The predicted octanol–water partition coefficient (Wildman–Crippen LogP) is 3.42. The minimum absolute atomic E-state index is 0.0439. The number of ether oxygens (including phenoxy) is 2. The number of nitrogens with zero attached hydrogens (tertiary/aromatic N) is 1. The molecule has 2 aromatic rings. The van der Waals surface area contributed by atoms with Gasteiger partial charge in [0.15, 0.2) is 5.13 Å². The maximum Gasteiger partial charge on any atom is 0.228 e. The van der Waals surface area contributed by atoms with E-state index in [1.807, 2.05) is 31.4 Å². The Kier molecular flexibility index (Phi) is 4.80. The van der Waals surface area contributed by atoms with Crippen LogP contribution in [-0.2, 0) is 4.79 Å². The highest BCUT2D eigenvalue weighted by molar-refractivity contribution is 7.14. The number of benzene rings is 1. The Hall–Kier alpha value is -2.08. The standard InChI is InChI=1S/C15H18N2O3S/c1-9(2)14(18)17-15-16-12(8-21-15)11-6-5-10(19-3)7-13(11)20-4/h5-9H,1-4H3,(H,16,17,18). The number of carbonyl (C=O) groups excluding carboxylic acids is 1. The van der Waals surface area contributed by atoms with Gasteiger partial charge in [-0.1, -0.05) is 13.8 Å². The van der Waals surface area contributed by atoms with Crippen LogP contribution in [0, 0.1) is 5.92 Å². The van der Waals surface area contributed by atoms with E-state index in [0.29, 0.717) is 10.9 Å². The van der Waals surface area contributed by atoms with E-state index < -0.39 is 0 Å². The quantitative estimate of drug-likeness (QED) is 0.919. The summed E-state index contributed by atoms with van der Waals surface area (Å²) in [4.78, 5) is 16.1. The number of aromatic nitrogens is 1. The molecule has 1 amide bonds. The first-order valence-electron chi connectivity index (χ1n) is 6.54.